The SMILES string of the molecule is CC(C)CC(NCc1cc(Cl)cc(Cl)c1)C(=O)N(C)C. The number of halogens is 2. The average Bonchev–Trinajstić information content (AvgIpc) is 2.31. The Morgan fingerprint density at radius 1 is 1.20 bits per heavy atom. The monoisotopic (exact) mass is 316 g/mol. The van der Waals surface area contributed by atoms with E-state index in [0.29, 0.717) is 22.5 Å². The fraction of sp³-hybridized carbons (Fsp3) is 0.533. The summed E-state index contributed by atoms with van der Waals surface area (Å²) in [4.78, 5) is 13.8. The molecule has 0 fully saturated rings. The van der Waals surface area contributed by atoms with Crippen LogP contribution < -0.4 is 5.32 Å². The van der Waals surface area contributed by atoms with E-state index in [-0.39, 0.29) is 11.9 Å². The zero-order chi connectivity index (χ0) is 15.3. The Morgan fingerprint density at radius 3 is 2.20 bits per heavy atom. The second-order valence-electron chi connectivity index (χ2n) is 5.57. The van der Waals surface area contributed by atoms with E-state index < -0.39 is 0 Å². The van der Waals surface area contributed by atoms with E-state index in [1.807, 2.05) is 12.1 Å². The minimum Gasteiger partial charge on any atom is -0.347 e. The van der Waals surface area contributed by atoms with Gasteiger partial charge in [0.15, 0.2) is 0 Å². The van der Waals surface area contributed by atoms with Crippen LogP contribution in [-0.2, 0) is 11.3 Å². The topological polar surface area (TPSA) is 32.3 Å². The van der Waals surface area contributed by atoms with Crippen LogP contribution >= 0.6 is 23.2 Å². The van der Waals surface area contributed by atoms with Crippen LogP contribution in [0.1, 0.15) is 25.8 Å². The Balaban J connectivity index is 2.72. The van der Waals surface area contributed by atoms with Crippen molar-refractivity contribution in [2.75, 3.05) is 14.1 Å². The third-order valence-corrected chi connectivity index (χ3v) is 3.36. The van der Waals surface area contributed by atoms with Gasteiger partial charge in [-0.2, -0.15) is 0 Å². The van der Waals surface area contributed by atoms with Crippen molar-refractivity contribution in [3.63, 3.8) is 0 Å². The fourth-order valence-electron chi connectivity index (χ4n) is 2.01. The molecule has 112 valence electrons. The number of carbonyl (C=O) groups is 1. The van der Waals surface area contributed by atoms with Crippen molar-refractivity contribution in [2.45, 2.75) is 32.9 Å². The number of carbonyl (C=O) groups excluding carboxylic acids is 1. The Hall–Kier alpha value is -0.770. The Labute approximate surface area is 131 Å². The zero-order valence-electron chi connectivity index (χ0n) is 12.4. The molecule has 1 unspecified atom stereocenters. The maximum absolute atomic E-state index is 12.1. The molecule has 0 bridgehead atoms. The van der Waals surface area contributed by atoms with Gasteiger partial charge in [-0.25, -0.2) is 0 Å². The maximum Gasteiger partial charge on any atom is 0.239 e. The predicted octanol–water partition coefficient (Wildman–Crippen LogP) is 3.59. The van der Waals surface area contributed by atoms with Crippen LogP contribution in [0, 0.1) is 5.92 Å². The molecule has 1 amide bonds. The third kappa shape index (κ3) is 5.70. The Kier molecular flexibility index (Phi) is 6.80. The summed E-state index contributed by atoms with van der Waals surface area (Å²) in [6.45, 7) is 4.78. The van der Waals surface area contributed by atoms with Gasteiger partial charge in [0.05, 0.1) is 6.04 Å². The van der Waals surface area contributed by atoms with Crippen molar-refractivity contribution in [3.05, 3.63) is 33.8 Å². The van der Waals surface area contributed by atoms with Crippen LogP contribution in [0.15, 0.2) is 18.2 Å². The van der Waals surface area contributed by atoms with E-state index in [4.69, 9.17) is 23.2 Å². The van der Waals surface area contributed by atoms with Gasteiger partial charge in [0.2, 0.25) is 5.91 Å². The van der Waals surface area contributed by atoms with Crippen LogP contribution in [0.5, 0.6) is 0 Å². The van der Waals surface area contributed by atoms with Crippen LogP contribution in [0.25, 0.3) is 0 Å². The maximum atomic E-state index is 12.1. The molecule has 1 atom stereocenters. The molecule has 5 heteroatoms. The summed E-state index contributed by atoms with van der Waals surface area (Å²) in [6, 6.07) is 5.21. The molecule has 0 aliphatic rings. The number of hydrogen-bond donors (Lipinski definition) is 1. The largest absolute Gasteiger partial charge is 0.347 e. The van der Waals surface area contributed by atoms with Crippen molar-refractivity contribution in [2.24, 2.45) is 5.92 Å². The molecule has 0 aromatic heterocycles. The van der Waals surface area contributed by atoms with Crippen molar-refractivity contribution in [1.29, 1.82) is 0 Å². The number of likely N-dealkylation sites (N-methyl/N-ethyl adjacent to an activating group) is 1. The van der Waals surface area contributed by atoms with Gasteiger partial charge in [0.1, 0.15) is 0 Å². The molecule has 1 aromatic rings. The summed E-state index contributed by atoms with van der Waals surface area (Å²) in [5.41, 5.74) is 0.975. The van der Waals surface area contributed by atoms with E-state index in [1.165, 1.54) is 0 Å². The van der Waals surface area contributed by atoms with Crippen molar-refractivity contribution in [1.82, 2.24) is 10.2 Å². The first-order valence-corrected chi connectivity index (χ1v) is 7.44. The first-order valence-electron chi connectivity index (χ1n) is 6.69. The van der Waals surface area contributed by atoms with Gasteiger partial charge < -0.3 is 10.2 Å². The molecular weight excluding hydrogens is 295 g/mol. The quantitative estimate of drug-likeness (QED) is 0.870. The Bertz CT molecular complexity index is 441. The molecule has 1 rings (SSSR count). The molecule has 0 aliphatic heterocycles. The summed E-state index contributed by atoms with van der Waals surface area (Å²) in [6.07, 6.45) is 0.797. The van der Waals surface area contributed by atoms with Gasteiger partial charge in [-0.05, 0) is 36.1 Å². The number of benzene rings is 1. The minimum absolute atomic E-state index is 0.0897. The second kappa shape index (κ2) is 7.87. The Morgan fingerprint density at radius 2 is 1.75 bits per heavy atom. The molecule has 1 N–H and O–H groups in total. The molecule has 1 aromatic carbocycles. The van der Waals surface area contributed by atoms with Crippen LogP contribution in [0.4, 0.5) is 0 Å². The van der Waals surface area contributed by atoms with Crippen LogP contribution in [0.2, 0.25) is 10.0 Å². The number of nitrogens with one attached hydrogen (secondary N) is 1. The fourth-order valence-corrected chi connectivity index (χ4v) is 2.58. The molecule has 0 heterocycles. The van der Waals surface area contributed by atoms with E-state index in [0.717, 1.165) is 12.0 Å². The predicted molar refractivity (Wildman–Crippen MR) is 85.2 cm³/mol. The standard InChI is InChI=1S/C15H22Cl2N2O/c1-10(2)5-14(15(20)19(3)4)18-9-11-6-12(16)8-13(17)7-11/h6-8,10,14,18H,5,9H2,1-4H3. The number of hydrogen-bond acceptors (Lipinski definition) is 2. The summed E-state index contributed by atoms with van der Waals surface area (Å²) < 4.78 is 0. The average molecular weight is 317 g/mol. The van der Waals surface area contributed by atoms with E-state index in [1.54, 1.807) is 25.1 Å². The van der Waals surface area contributed by atoms with Gasteiger partial charge in [-0.15, -0.1) is 0 Å². The lowest BCUT2D eigenvalue weighted by Gasteiger charge is -2.23. The smallest absolute Gasteiger partial charge is 0.239 e. The highest BCUT2D eigenvalue weighted by atomic mass is 35.5. The molecule has 3 nitrogen and oxygen atoms in total. The lowest BCUT2D eigenvalue weighted by atomic mass is 10.0. The lowest BCUT2D eigenvalue weighted by Crippen LogP contribution is -2.44. The van der Waals surface area contributed by atoms with Crippen molar-refractivity contribution in [3.8, 4) is 0 Å². The zero-order valence-corrected chi connectivity index (χ0v) is 13.9. The van der Waals surface area contributed by atoms with Gasteiger partial charge in [0, 0.05) is 30.7 Å². The summed E-state index contributed by atoms with van der Waals surface area (Å²) in [5.74, 6) is 0.533. The first kappa shape index (κ1) is 17.3. The molecular formula is C15H22Cl2N2O. The highest BCUT2D eigenvalue weighted by molar-refractivity contribution is 6.34. The second-order valence-corrected chi connectivity index (χ2v) is 6.45. The van der Waals surface area contributed by atoms with Gasteiger partial charge in [-0.1, -0.05) is 37.0 Å². The first-order chi connectivity index (χ1) is 9.29. The summed E-state index contributed by atoms with van der Waals surface area (Å²) in [7, 11) is 3.54. The summed E-state index contributed by atoms with van der Waals surface area (Å²) in [5, 5.41) is 4.50. The highest BCUT2D eigenvalue weighted by Gasteiger charge is 2.20. The molecule has 0 radical (unpaired) electrons. The van der Waals surface area contributed by atoms with Crippen LogP contribution in [0.3, 0.4) is 0 Å². The van der Waals surface area contributed by atoms with Gasteiger partial charge >= 0.3 is 0 Å². The van der Waals surface area contributed by atoms with Gasteiger partial charge in [-0.3, -0.25) is 4.79 Å². The molecule has 0 aliphatic carbocycles. The number of amides is 1. The van der Waals surface area contributed by atoms with Gasteiger partial charge in [0.25, 0.3) is 0 Å². The molecule has 0 saturated carbocycles. The van der Waals surface area contributed by atoms with Crippen molar-refractivity contribution < 1.29 is 4.79 Å². The molecule has 0 spiro atoms. The molecule has 0 saturated heterocycles. The van der Waals surface area contributed by atoms with Crippen LogP contribution in [-0.4, -0.2) is 30.9 Å². The third-order valence-electron chi connectivity index (χ3n) is 2.92. The lowest BCUT2D eigenvalue weighted by molar-refractivity contribution is -0.131. The highest BCUT2D eigenvalue weighted by Crippen LogP contribution is 2.19. The summed E-state index contributed by atoms with van der Waals surface area (Å²) >= 11 is 12.0. The number of rotatable bonds is 6. The normalized spacial score (nSPS) is 12.6. The van der Waals surface area contributed by atoms with E-state index in [2.05, 4.69) is 19.2 Å². The minimum atomic E-state index is -0.192. The van der Waals surface area contributed by atoms with Crippen molar-refractivity contribution >= 4 is 29.1 Å². The van der Waals surface area contributed by atoms with E-state index in [9.17, 15) is 4.79 Å². The van der Waals surface area contributed by atoms with E-state index >= 15 is 0 Å². The number of nitrogens with zero attached hydrogens (tertiary/aromatic N) is 1. The molecule has 20 heavy (non-hydrogen) atoms.